The molecule has 0 saturated heterocycles. The SMILES string of the molecule is C1=Cc2c(c3cc(-c4ccc5c(c4)c4ncccc4n5-c4ccccc4)ccc3n2-c2ccccc2)CC1. The van der Waals surface area contributed by atoms with E-state index in [9.17, 15) is 0 Å². The quantitative estimate of drug-likeness (QED) is 0.244. The minimum Gasteiger partial charge on any atom is -0.310 e. The topological polar surface area (TPSA) is 22.8 Å². The number of fused-ring (bicyclic) bond motifs is 6. The highest BCUT2D eigenvalue weighted by Gasteiger charge is 2.19. The number of aromatic nitrogens is 3. The van der Waals surface area contributed by atoms with Crippen LogP contribution in [0, 0.1) is 0 Å². The van der Waals surface area contributed by atoms with Gasteiger partial charge in [-0.05, 0) is 96.3 Å². The second-order valence-corrected chi connectivity index (χ2v) is 9.98. The largest absolute Gasteiger partial charge is 0.310 e. The second-order valence-electron chi connectivity index (χ2n) is 9.98. The fraction of sp³-hybridized carbons (Fsp3) is 0.0571. The Hall–Kier alpha value is -4.89. The molecule has 0 bridgehead atoms. The monoisotopic (exact) mass is 487 g/mol. The Bertz CT molecular complexity index is 2010. The van der Waals surface area contributed by atoms with Crippen LogP contribution in [-0.2, 0) is 6.42 Å². The van der Waals surface area contributed by atoms with Gasteiger partial charge < -0.3 is 9.13 Å². The van der Waals surface area contributed by atoms with Gasteiger partial charge in [0.05, 0.1) is 22.1 Å². The Kier molecular flexibility index (Phi) is 4.65. The van der Waals surface area contributed by atoms with Crippen LogP contribution in [-0.4, -0.2) is 14.1 Å². The Labute approximate surface area is 220 Å². The lowest BCUT2D eigenvalue weighted by Crippen LogP contribution is -1.99. The molecule has 0 aliphatic heterocycles. The Morgan fingerprint density at radius 1 is 0.579 bits per heavy atom. The maximum atomic E-state index is 4.80. The summed E-state index contributed by atoms with van der Waals surface area (Å²) in [5.74, 6) is 0. The summed E-state index contributed by atoms with van der Waals surface area (Å²) in [6.07, 6.45) is 8.63. The van der Waals surface area contributed by atoms with Gasteiger partial charge in [-0.3, -0.25) is 4.98 Å². The molecule has 8 rings (SSSR count). The van der Waals surface area contributed by atoms with E-state index in [1.807, 2.05) is 12.3 Å². The molecule has 3 aromatic heterocycles. The van der Waals surface area contributed by atoms with E-state index in [2.05, 4.69) is 124 Å². The van der Waals surface area contributed by atoms with Crippen LogP contribution in [0.4, 0.5) is 0 Å². The normalized spacial score (nSPS) is 12.9. The van der Waals surface area contributed by atoms with E-state index < -0.39 is 0 Å². The lowest BCUT2D eigenvalue weighted by Gasteiger charge is -2.11. The van der Waals surface area contributed by atoms with Gasteiger partial charge in [-0.15, -0.1) is 0 Å². The van der Waals surface area contributed by atoms with E-state index in [0.717, 1.165) is 29.6 Å². The average Bonchev–Trinajstić information content (AvgIpc) is 3.50. The molecular formula is C35H25N3. The van der Waals surface area contributed by atoms with Gasteiger partial charge in [0, 0.05) is 34.0 Å². The van der Waals surface area contributed by atoms with Crippen molar-refractivity contribution in [1.29, 1.82) is 0 Å². The number of allylic oxidation sites excluding steroid dienone is 1. The predicted molar refractivity (Wildman–Crippen MR) is 158 cm³/mol. The molecule has 180 valence electrons. The van der Waals surface area contributed by atoms with Crippen molar-refractivity contribution in [3.8, 4) is 22.5 Å². The van der Waals surface area contributed by atoms with Crippen LogP contribution >= 0.6 is 0 Å². The fourth-order valence-corrected chi connectivity index (χ4v) is 6.14. The van der Waals surface area contributed by atoms with Crippen molar-refractivity contribution in [2.75, 3.05) is 0 Å². The van der Waals surface area contributed by atoms with Crippen molar-refractivity contribution in [2.24, 2.45) is 0 Å². The van der Waals surface area contributed by atoms with Crippen LogP contribution in [0.15, 0.2) is 121 Å². The Morgan fingerprint density at radius 2 is 1.24 bits per heavy atom. The minimum absolute atomic E-state index is 1.03. The highest BCUT2D eigenvalue weighted by molar-refractivity contribution is 6.08. The number of hydrogen-bond acceptors (Lipinski definition) is 1. The predicted octanol–water partition coefficient (Wildman–Crippen LogP) is 8.75. The van der Waals surface area contributed by atoms with Crippen molar-refractivity contribution >= 4 is 38.9 Å². The first-order valence-corrected chi connectivity index (χ1v) is 13.2. The third-order valence-corrected chi connectivity index (χ3v) is 7.83. The first kappa shape index (κ1) is 21.2. The van der Waals surface area contributed by atoms with E-state index in [1.165, 1.54) is 49.9 Å². The number of hydrogen-bond donors (Lipinski definition) is 0. The number of nitrogens with zero attached hydrogens (tertiary/aromatic N) is 3. The Morgan fingerprint density at radius 3 is 1.97 bits per heavy atom. The first-order chi connectivity index (χ1) is 18.9. The van der Waals surface area contributed by atoms with Gasteiger partial charge >= 0.3 is 0 Å². The van der Waals surface area contributed by atoms with Gasteiger partial charge in [0.1, 0.15) is 0 Å². The highest BCUT2D eigenvalue weighted by atomic mass is 15.0. The highest BCUT2D eigenvalue weighted by Crippen LogP contribution is 2.38. The minimum atomic E-state index is 1.03. The van der Waals surface area contributed by atoms with Crippen molar-refractivity contribution in [3.63, 3.8) is 0 Å². The Balaban J connectivity index is 1.34. The van der Waals surface area contributed by atoms with Gasteiger partial charge in [0.15, 0.2) is 0 Å². The number of pyridine rings is 1. The second kappa shape index (κ2) is 8.32. The van der Waals surface area contributed by atoms with E-state index in [1.54, 1.807) is 0 Å². The van der Waals surface area contributed by atoms with Crippen LogP contribution < -0.4 is 0 Å². The van der Waals surface area contributed by atoms with Crippen molar-refractivity contribution in [1.82, 2.24) is 14.1 Å². The lowest BCUT2D eigenvalue weighted by molar-refractivity contribution is 0.967. The van der Waals surface area contributed by atoms with Crippen LogP contribution in [0.2, 0.25) is 0 Å². The van der Waals surface area contributed by atoms with Crippen LogP contribution in [0.25, 0.3) is 61.4 Å². The number of para-hydroxylation sites is 2. The lowest BCUT2D eigenvalue weighted by atomic mass is 9.97. The molecule has 0 spiro atoms. The van der Waals surface area contributed by atoms with E-state index >= 15 is 0 Å². The zero-order valence-electron chi connectivity index (χ0n) is 20.9. The van der Waals surface area contributed by atoms with Crippen molar-refractivity contribution in [2.45, 2.75) is 12.8 Å². The molecule has 7 aromatic rings. The van der Waals surface area contributed by atoms with Crippen LogP contribution in [0.1, 0.15) is 17.7 Å². The first-order valence-electron chi connectivity index (χ1n) is 13.2. The van der Waals surface area contributed by atoms with Crippen LogP contribution in [0.3, 0.4) is 0 Å². The summed E-state index contributed by atoms with van der Waals surface area (Å²) >= 11 is 0. The van der Waals surface area contributed by atoms with Crippen molar-refractivity contribution < 1.29 is 0 Å². The third kappa shape index (κ3) is 3.12. The molecule has 1 aliphatic rings. The van der Waals surface area contributed by atoms with Gasteiger partial charge in [0.2, 0.25) is 0 Å². The van der Waals surface area contributed by atoms with E-state index in [4.69, 9.17) is 4.98 Å². The van der Waals surface area contributed by atoms with Crippen molar-refractivity contribution in [3.05, 3.63) is 133 Å². The molecule has 3 heterocycles. The maximum Gasteiger partial charge on any atom is 0.0963 e. The smallest absolute Gasteiger partial charge is 0.0963 e. The molecule has 1 aliphatic carbocycles. The van der Waals surface area contributed by atoms with E-state index in [0.29, 0.717) is 0 Å². The summed E-state index contributed by atoms with van der Waals surface area (Å²) in [4.78, 5) is 4.80. The van der Waals surface area contributed by atoms with Crippen LogP contribution in [0.5, 0.6) is 0 Å². The molecular weight excluding hydrogens is 462 g/mol. The van der Waals surface area contributed by atoms with Gasteiger partial charge in [0.25, 0.3) is 0 Å². The number of benzene rings is 4. The zero-order chi connectivity index (χ0) is 25.1. The standard InChI is InChI=1S/C35H25N3/c1-3-10-26(11-4-1)37-31-15-8-7-14-28(31)29-22-24(17-19-32(29)37)25-18-20-33-30(23-25)35-34(16-9-21-36-35)38(33)27-12-5-2-6-13-27/h1-6,8-13,15-23H,7,14H2. The molecule has 0 amide bonds. The fourth-order valence-electron chi connectivity index (χ4n) is 6.14. The molecule has 3 heteroatoms. The summed E-state index contributed by atoms with van der Waals surface area (Å²) in [5.41, 5.74) is 12.2. The van der Waals surface area contributed by atoms with Gasteiger partial charge in [-0.2, -0.15) is 0 Å². The third-order valence-electron chi connectivity index (χ3n) is 7.83. The summed E-state index contributed by atoms with van der Waals surface area (Å²) in [5, 5.41) is 2.52. The molecule has 0 N–H and O–H groups in total. The number of aryl methyl sites for hydroxylation is 1. The van der Waals surface area contributed by atoms with Gasteiger partial charge in [-0.25, -0.2) is 0 Å². The molecule has 0 atom stereocenters. The average molecular weight is 488 g/mol. The molecule has 0 radical (unpaired) electrons. The molecule has 0 saturated carbocycles. The molecule has 0 unspecified atom stereocenters. The zero-order valence-corrected chi connectivity index (χ0v) is 20.9. The maximum absolute atomic E-state index is 4.80. The summed E-state index contributed by atoms with van der Waals surface area (Å²) in [7, 11) is 0. The number of rotatable bonds is 3. The summed E-state index contributed by atoms with van der Waals surface area (Å²) in [6, 6.07) is 39.2. The molecule has 38 heavy (non-hydrogen) atoms. The summed E-state index contributed by atoms with van der Waals surface area (Å²) < 4.78 is 4.72. The summed E-state index contributed by atoms with van der Waals surface area (Å²) in [6.45, 7) is 0. The van der Waals surface area contributed by atoms with Gasteiger partial charge in [-0.1, -0.05) is 54.6 Å². The van der Waals surface area contributed by atoms with E-state index in [-0.39, 0.29) is 0 Å². The molecule has 4 aromatic carbocycles. The molecule has 3 nitrogen and oxygen atoms in total. The molecule has 0 fully saturated rings.